The lowest BCUT2D eigenvalue weighted by molar-refractivity contribution is -0.130. The van der Waals surface area contributed by atoms with Crippen molar-refractivity contribution in [2.45, 2.75) is 0 Å². The van der Waals surface area contributed by atoms with Gasteiger partial charge in [-0.25, -0.2) is 9.98 Å². The summed E-state index contributed by atoms with van der Waals surface area (Å²) in [4.78, 5) is 18.6. The Morgan fingerprint density at radius 1 is 1.45 bits per heavy atom. The summed E-state index contributed by atoms with van der Waals surface area (Å²) in [5.74, 6) is 0.356. The molecule has 2 rings (SSSR count). The van der Waals surface area contributed by atoms with Crippen molar-refractivity contribution in [2.75, 3.05) is 7.05 Å². The Morgan fingerprint density at radius 3 is 2.55 bits per heavy atom. The minimum Gasteiger partial charge on any atom is -0.280 e. The average molecular weight is 150 g/mol. The molecule has 11 heavy (non-hydrogen) atoms. The lowest BCUT2D eigenvalue weighted by Crippen LogP contribution is -2.54. The van der Waals surface area contributed by atoms with Crippen molar-refractivity contribution in [3.8, 4) is 0 Å². The summed E-state index contributed by atoms with van der Waals surface area (Å²) in [6, 6.07) is 0. The first-order chi connectivity index (χ1) is 5.29. The van der Waals surface area contributed by atoms with Crippen LogP contribution in [0.3, 0.4) is 0 Å². The van der Waals surface area contributed by atoms with Gasteiger partial charge in [0.25, 0.3) is 5.91 Å². The molecule has 0 radical (unpaired) electrons. The van der Waals surface area contributed by atoms with Gasteiger partial charge in [0.2, 0.25) is 0 Å². The second-order valence-corrected chi connectivity index (χ2v) is 2.23. The molecule has 2 heterocycles. The molecular weight excluding hydrogens is 144 g/mol. The maximum atomic E-state index is 10.9. The molecule has 1 saturated heterocycles. The Kier molecular flexibility index (Phi) is 1.06. The summed E-state index contributed by atoms with van der Waals surface area (Å²) < 4.78 is 0. The van der Waals surface area contributed by atoms with Crippen LogP contribution in [0.15, 0.2) is 21.5 Å². The van der Waals surface area contributed by atoms with Gasteiger partial charge in [0.15, 0.2) is 11.5 Å². The topological polar surface area (TPSA) is 57.1 Å². The van der Waals surface area contributed by atoms with Crippen LogP contribution < -0.4 is 5.43 Å². The first-order valence-corrected chi connectivity index (χ1v) is 3.15. The molecule has 0 spiro atoms. The molecule has 0 unspecified atom stereocenters. The van der Waals surface area contributed by atoms with Gasteiger partial charge < -0.3 is 0 Å². The minimum atomic E-state index is -0.126. The van der Waals surface area contributed by atoms with Crippen molar-refractivity contribution in [2.24, 2.45) is 9.98 Å². The van der Waals surface area contributed by atoms with E-state index in [4.69, 9.17) is 0 Å². The third-order valence-electron chi connectivity index (χ3n) is 1.49. The molecule has 1 fully saturated rings. The smallest absolute Gasteiger partial charge is 0.280 e. The number of carbonyl (C=O) groups excluding carboxylic acids is 1. The molecule has 5 heteroatoms. The number of aliphatic imine (C=N–C) groups is 2. The molecule has 56 valence electrons. The van der Waals surface area contributed by atoms with Crippen molar-refractivity contribution >= 4 is 18.3 Å². The molecule has 2 aliphatic rings. The zero-order chi connectivity index (χ0) is 7.84. The van der Waals surface area contributed by atoms with E-state index in [1.165, 1.54) is 0 Å². The maximum Gasteiger partial charge on any atom is 0.291 e. The molecule has 0 bridgehead atoms. The summed E-state index contributed by atoms with van der Waals surface area (Å²) >= 11 is 0. The van der Waals surface area contributed by atoms with Crippen molar-refractivity contribution < 1.29 is 4.79 Å². The monoisotopic (exact) mass is 150 g/mol. The van der Waals surface area contributed by atoms with E-state index in [9.17, 15) is 4.79 Å². The fraction of sp³-hybridized carbons (Fsp3) is 0.167. The van der Waals surface area contributed by atoms with Gasteiger partial charge in [-0.1, -0.05) is 0 Å². The summed E-state index contributed by atoms with van der Waals surface area (Å²) in [5.41, 5.74) is 3.04. The van der Waals surface area contributed by atoms with Gasteiger partial charge >= 0.3 is 0 Å². The predicted octanol–water partition coefficient (Wildman–Crippen LogP) is -0.713. The SMILES string of the molecule is CN1NC(=O)C1=C1N=CC=N1. The number of nitrogens with zero attached hydrogens (tertiary/aromatic N) is 3. The van der Waals surface area contributed by atoms with Crippen molar-refractivity contribution in [1.29, 1.82) is 0 Å². The normalized spacial score (nSPS) is 20.8. The van der Waals surface area contributed by atoms with Crippen LogP contribution in [0, 0.1) is 0 Å². The van der Waals surface area contributed by atoms with E-state index in [1.54, 1.807) is 24.5 Å². The predicted molar refractivity (Wildman–Crippen MR) is 39.9 cm³/mol. The molecule has 2 aliphatic heterocycles. The quantitative estimate of drug-likeness (QED) is 0.463. The Hall–Kier alpha value is -1.65. The third kappa shape index (κ3) is 0.739. The number of nitrogens with one attached hydrogen (secondary N) is 1. The van der Waals surface area contributed by atoms with Crippen LogP contribution in [0.2, 0.25) is 0 Å². The summed E-state index contributed by atoms with van der Waals surface area (Å²) in [6.45, 7) is 0. The van der Waals surface area contributed by atoms with Gasteiger partial charge in [-0.3, -0.25) is 15.2 Å². The molecule has 0 atom stereocenters. The van der Waals surface area contributed by atoms with Crippen LogP contribution in [0.25, 0.3) is 0 Å². The number of hydrogen-bond acceptors (Lipinski definition) is 4. The Labute approximate surface area is 63.1 Å². The van der Waals surface area contributed by atoms with Gasteiger partial charge in [-0.05, 0) is 0 Å². The van der Waals surface area contributed by atoms with E-state index < -0.39 is 0 Å². The van der Waals surface area contributed by atoms with Gasteiger partial charge in [0, 0.05) is 19.5 Å². The second kappa shape index (κ2) is 1.91. The van der Waals surface area contributed by atoms with Gasteiger partial charge in [0.1, 0.15) is 0 Å². The van der Waals surface area contributed by atoms with Crippen LogP contribution in [0.1, 0.15) is 0 Å². The average Bonchev–Trinajstić information content (AvgIpc) is 2.39. The first-order valence-electron chi connectivity index (χ1n) is 3.15. The van der Waals surface area contributed by atoms with Crippen molar-refractivity contribution in [3.63, 3.8) is 0 Å². The summed E-state index contributed by atoms with van der Waals surface area (Å²) in [6.07, 6.45) is 3.11. The van der Waals surface area contributed by atoms with E-state index in [0.29, 0.717) is 11.5 Å². The van der Waals surface area contributed by atoms with E-state index in [1.807, 2.05) is 0 Å². The van der Waals surface area contributed by atoms with Gasteiger partial charge in [0.05, 0.1) is 0 Å². The largest absolute Gasteiger partial charge is 0.291 e. The maximum absolute atomic E-state index is 10.9. The fourth-order valence-corrected chi connectivity index (χ4v) is 0.976. The third-order valence-corrected chi connectivity index (χ3v) is 1.49. The molecule has 0 aromatic carbocycles. The number of amides is 1. The number of hydrazine groups is 1. The molecule has 1 N–H and O–H groups in total. The molecule has 0 aliphatic carbocycles. The van der Waals surface area contributed by atoms with E-state index in [0.717, 1.165) is 0 Å². The first kappa shape index (κ1) is 6.09. The van der Waals surface area contributed by atoms with Gasteiger partial charge in [-0.15, -0.1) is 0 Å². The highest BCUT2D eigenvalue weighted by Crippen LogP contribution is 2.17. The number of likely N-dealkylation sites (N-methyl/N-ethyl adjacent to an activating group) is 1. The van der Waals surface area contributed by atoms with Crippen LogP contribution in [0.4, 0.5) is 0 Å². The van der Waals surface area contributed by atoms with Gasteiger partial charge in [-0.2, -0.15) is 0 Å². The van der Waals surface area contributed by atoms with Crippen LogP contribution in [0.5, 0.6) is 0 Å². The molecular formula is C6H6N4O. The van der Waals surface area contributed by atoms with Crippen LogP contribution in [-0.2, 0) is 4.79 Å². The Balaban J connectivity index is 2.39. The molecule has 1 amide bonds. The standard InChI is InChI=1S/C6H6N4O/c1-10-4(6(11)9-10)5-7-2-3-8-5/h2-3H,1H3,(H,9,11). The second-order valence-electron chi connectivity index (χ2n) is 2.23. The van der Waals surface area contributed by atoms with Crippen LogP contribution in [-0.4, -0.2) is 30.4 Å². The Morgan fingerprint density at radius 2 is 2.09 bits per heavy atom. The lowest BCUT2D eigenvalue weighted by atomic mass is 10.3. The summed E-state index contributed by atoms with van der Waals surface area (Å²) in [7, 11) is 1.74. The molecule has 5 nitrogen and oxygen atoms in total. The fourth-order valence-electron chi connectivity index (χ4n) is 0.976. The zero-order valence-corrected chi connectivity index (χ0v) is 5.90. The highest BCUT2D eigenvalue weighted by atomic mass is 16.2. The molecule has 0 aromatic rings. The number of rotatable bonds is 0. The van der Waals surface area contributed by atoms with Crippen LogP contribution >= 0.6 is 0 Å². The van der Waals surface area contributed by atoms with E-state index >= 15 is 0 Å². The summed E-state index contributed by atoms with van der Waals surface area (Å²) in [5, 5.41) is 1.59. The highest BCUT2D eigenvalue weighted by molar-refractivity contribution is 6.19. The number of carbonyl (C=O) groups is 1. The Bertz CT molecular complexity index is 288. The minimum absolute atomic E-state index is 0.126. The molecule has 0 aromatic heterocycles. The number of hydrogen-bond donors (Lipinski definition) is 1. The van der Waals surface area contributed by atoms with E-state index in [2.05, 4.69) is 15.4 Å². The van der Waals surface area contributed by atoms with Crippen molar-refractivity contribution in [3.05, 3.63) is 11.5 Å². The van der Waals surface area contributed by atoms with E-state index in [-0.39, 0.29) is 5.91 Å². The molecule has 0 saturated carbocycles. The highest BCUT2D eigenvalue weighted by Gasteiger charge is 2.30. The van der Waals surface area contributed by atoms with Crippen molar-refractivity contribution in [1.82, 2.24) is 10.4 Å². The lowest BCUT2D eigenvalue weighted by Gasteiger charge is -2.31. The zero-order valence-electron chi connectivity index (χ0n) is 5.90.